The van der Waals surface area contributed by atoms with Crippen molar-refractivity contribution in [2.24, 2.45) is 0 Å². The fraction of sp³-hybridized carbons (Fsp3) is 0.800. The molecule has 0 aliphatic rings. The highest BCUT2D eigenvalue weighted by molar-refractivity contribution is 6.30. The molecule has 0 aliphatic heterocycles. The van der Waals surface area contributed by atoms with Crippen LogP contribution in [-0.4, -0.2) is 5.38 Å². The highest BCUT2D eigenvalue weighted by Crippen LogP contribution is 2.15. The lowest BCUT2D eigenvalue weighted by Crippen LogP contribution is -1.89. The lowest BCUT2D eigenvalue weighted by molar-refractivity contribution is 0.727. The van der Waals surface area contributed by atoms with Crippen LogP contribution < -0.4 is 0 Å². The van der Waals surface area contributed by atoms with Crippen LogP contribution in [0.5, 0.6) is 0 Å². The Morgan fingerprint density at radius 3 is 2.58 bits per heavy atom. The van der Waals surface area contributed by atoms with Crippen LogP contribution in [0.4, 0.5) is 0 Å². The first-order valence-electron chi connectivity index (χ1n) is 4.65. The molecule has 0 bridgehead atoms. The molecule has 0 aromatic heterocycles. The summed E-state index contributed by atoms with van der Waals surface area (Å²) in [5.74, 6) is 0. The van der Waals surface area contributed by atoms with Gasteiger partial charge in [0.2, 0.25) is 0 Å². The summed E-state index contributed by atoms with van der Waals surface area (Å²) in [6, 6.07) is 0. The van der Waals surface area contributed by atoms with Crippen LogP contribution in [-0.2, 0) is 0 Å². The van der Waals surface area contributed by atoms with Crippen molar-refractivity contribution in [3.05, 3.63) is 11.1 Å². The van der Waals surface area contributed by atoms with Gasteiger partial charge in [-0.2, -0.15) is 0 Å². The van der Waals surface area contributed by atoms with Crippen LogP contribution in [0.25, 0.3) is 0 Å². The molecule has 0 rings (SSSR count). The molecule has 0 aliphatic carbocycles. The second-order valence-electron chi connectivity index (χ2n) is 3.13. The molecule has 1 unspecified atom stereocenters. The summed E-state index contributed by atoms with van der Waals surface area (Å²) in [6.45, 7) is 4.16. The number of rotatable bonds is 6. The highest BCUT2D eigenvalue weighted by Gasteiger charge is 1.98. The Balaban J connectivity index is 3.41. The van der Waals surface area contributed by atoms with E-state index < -0.39 is 0 Å². The maximum absolute atomic E-state index is 5.93. The van der Waals surface area contributed by atoms with Crippen molar-refractivity contribution in [1.82, 2.24) is 0 Å². The Labute approximate surface area is 85.9 Å². The van der Waals surface area contributed by atoms with Gasteiger partial charge in [-0.1, -0.05) is 37.4 Å². The molecule has 0 spiro atoms. The number of halogens is 2. The Kier molecular flexibility index (Phi) is 8.15. The van der Waals surface area contributed by atoms with Gasteiger partial charge in [-0.25, -0.2) is 0 Å². The molecule has 0 amide bonds. The molecule has 0 aromatic carbocycles. The van der Waals surface area contributed by atoms with Crippen LogP contribution in [0.1, 0.15) is 46.0 Å². The van der Waals surface area contributed by atoms with Crippen molar-refractivity contribution < 1.29 is 0 Å². The van der Waals surface area contributed by atoms with E-state index in [0.717, 1.165) is 17.9 Å². The quantitative estimate of drug-likeness (QED) is 0.439. The molecule has 0 nitrogen and oxygen atoms in total. The van der Waals surface area contributed by atoms with E-state index in [1.165, 1.54) is 19.3 Å². The van der Waals surface area contributed by atoms with Crippen molar-refractivity contribution in [1.29, 1.82) is 0 Å². The maximum atomic E-state index is 5.93. The second kappa shape index (κ2) is 7.94. The average molecular weight is 209 g/mol. The number of allylic oxidation sites excluding steroid dienone is 2. The molecule has 0 radical (unpaired) electrons. The molecule has 0 aromatic rings. The zero-order valence-electron chi connectivity index (χ0n) is 7.95. The standard InChI is InChI=1S/C10H18Cl2/c1-3-4-5-6-7-10(12)8-9(2)11/h7,9H,3-6,8H2,1-2H3. The number of unbranched alkanes of at least 4 members (excludes halogenated alkanes) is 3. The second-order valence-corrected chi connectivity index (χ2v) is 4.36. The smallest absolute Gasteiger partial charge is 0.0356 e. The Bertz CT molecular complexity index is 128. The zero-order chi connectivity index (χ0) is 9.40. The monoisotopic (exact) mass is 208 g/mol. The highest BCUT2D eigenvalue weighted by atomic mass is 35.5. The zero-order valence-corrected chi connectivity index (χ0v) is 9.46. The predicted octanol–water partition coefficient (Wildman–Crippen LogP) is 4.71. The van der Waals surface area contributed by atoms with E-state index >= 15 is 0 Å². The van der Waals surface area contributed by atoms with E-state index in [1.807, 2.05) is 6.92 Å². The van der Waals surface area contributed by atoms with Gasteiger partial charge in [0.1, 0.15) is 0 Å². The molecule has 0 saturated heterocycles. The van der Waals surface area contributed by atoms with E-state index in [1.54, 1.807) is 0 Å². The predicted molar refractivity (Wildman–Crippen MR) is 58.0 cm³/mol. The third-order valence-corrected chi connectivity index (χ3v) is 2.11. The van der Waals surface area contributed by atoms with E-state index in [4.69, 9.17) is 23.2 Å². The summed E-state index contributed by atoms with van der Waals surface area (Å²) in [6.07, 6.45) is 7.78. The first-order chi connectivity index (χ1) is 5.66. The first kappa shape index (κ1) is 12.3. The van der Waals surface area contributed by atoms with Gasteiger partial charge in [-0.3, -0.25) is 0 Å². The van der Waals surface area contributed by atoms with Gasteiger partial charge in [0.25, 0.3) is 0 Å². The summed E-state index contributed by atoms with van der Waals surface area (Å²) in [5, 5.41) is 1.06. The molecular formula is C10H18Cl2. The van der Waals surface area contributed by atoms with E-state index in [9.17, 15) is 0 Å². The van der Waals surface area contributed by atoms with Crippen LogP contribution in [0, 0.1) is 0 Å². The Morgan fingerprint density at radius 1 is 1.42 bits per heavy atom. The van der Waals surface area contributed by atoms with Gasteiger partial charge < -0.3 is 0 Å². The third kappa shape index (κ3) is 8.42. The summed E-state index contributed by atoms with van der Waals surface area (Å²) < 4.78 is 0. The van der Waals surface area contributed by atoms with Gasteiger partial charge >= 0.3 is 0 Å². The third-order valence-electron chi connectivity index (χ3n) is 1.65. The average Bonchev–Trinajstić information content (AvgIpc) is 1.97. The number of alkyl halides is 1. The van der Waals surface area contributed by atoms with Gasteiger partial charge in [0, 0.05) is 10.4 Å². The number of hydrogen-bond acceptors (Lipinski definition) is 0. The Morgan fingerprint density at radius 2 is 2.08 bits per heavy atom. The summed E-state index contributed by atoms with van der Waals surface area (Å²) in [4.78, 5) is 0. The Hall–Kier alpha value is 0.320. The van der Waals surface area contributed by atoms with Crippen molar-refractivity contribution in [2.45, 2.75) is 51.3 Å². The van der Waals surface area contributed by atoms with Gasteiger partial charge in [-0.05, 0) is 26.2 Å². The van der Waals surface area contributed by atoms with E-state index in [0.29, 0.717) is 0 Å². The lowest BCUT2D eigenvalue weighted by atomic mass is 10.2. The topological polar surface area (TPSA) is 0 Å². The van der Waals surface area contributed by atoms with Crippen LogP contribution in [0.15, 0.2) is 11.1 Å². The van der Waals surface area contributed by atoms with Crippen molar-refractivity contribution in [3.63, 3.8) is 0 Å². The van der Waals surface area contributed by atoms with Crippen molar-refractivity contribution in [2.75, 3.05) is 0 Å². The first-order valence-corrected chi connectivity index (χ1v) is 5.46. The summed E-state index contributed by atoms with van der Waals surface area (Å²) in [7, 11) is 0. The van der Waals surface area contributed by atoms with Crippen molar-refractivity contribution in [3.8, 4) is 0 Å². The van der Waals surface area contributed by atoms with E-state index in [2.05, 4.69) is 13.0 Å². The van der Waals surface area contributed by atoms with Crippen molar-refractivity contribution >= 4 is 23.2 Å². The van der Waals surface area contributed by atoms with Crippen LogP contribution >= 0.6 is 23.2 Å². The SMILES string of the molecule is CCCCCC=C(Cl)CC(C)Cl. The molecule has 12 heavy (non-hydrogen) atoms. The largest absolute Gasteiger partial charge is 0.123 e. The summed E-state index contributed by atoms with van der Waals surface area (Å²) >= 11 is 11.7. The number of hydrogen-bond donors (Lipinski definition) is 0. The van der Waals surface area contributed by atoms with E-state index in [-0.39, 0.29) is 5.38 Å². The van der Waals surface area contributed by atoms with Gasteiger partial charge in [0.15, 0.2) is 0 Å². The molecule has 0 fully saturated rings. The minimum absolute atomic E-state index is 0.153. The normalized spacial score (nSPS) is 14.8. The molecule has 2 heteroatoms. The molecule has 0 N–H and O–H groups in total. The fourth-order valence-electron chi connectivity index (χ4n) is 1.01. The summed E-state index contributed by atoms with van der Waals surface area (Å²) in [5.41, 5.74) is 0. The minimum Gasteiger partial charge on any atom is -0.123 e. The van der Waals surface area contributed by atoms with Crippen LogP contribution in [0.2, 0.25) is 0 Å². The molecule has 72 valence electrons. The van der Waals surface area contributed by atoms with Gasteiger partial charge in [0.05, 0.1) is 0 Å². The fourth-order valence-corrected chi connectivity index (χ4v) is 1.59. The molecular weight excluding hydrogens is 191 g/mol. The maximum Gasteiger partial charge on any atom is 0.0356 e. The molecule has 0 saturated carbocycles. The minimum atomic E-state index is 0.153. The molecule has 0 heterocycles. The lowest BCUT2D eigenvalue weighted by Gasteiger charge is -2.00. The van der Waals surface area contributed by atoms with Crippen LogP contribution in [0.3, 0.4) is 0 Å². The molecule has 1 atom stereocenters. The van der Waals surface area contributed by atoms with Gasteiger partial charge in [-0.15, -0.1) is 11.6 Å².